The van der Waals surface area contributed by atoms with Gasteiger partial charge in [-0.1, -0.05) is 30.1 Å². The molecule has 0 fully saturated rings. The van der Waals surface area contributed by atoms with Crippen molar-refractivity contribution in [3.63, 3.8) is 0 Å². The van der Waals surface area contributed by atoms with Crippen LogP contribution in [0.25, 0.3) is 0 Å². The molecule has 0 aliphatic rings. The molecule has 102 valence electrons. The van der Waals surface area contributed by atoms with E-state index in [1.54, 1.807) is 19.9 Å². The van der Waals surface area contributed by atoms with Gasteiger partial charge >= 0.3 is 0 Å². The Hall–Kier alpha value is -0.520. The van der Waals surface area contributed by atoms with E-state index in [9.17, 15) is 8.42 Å². The highest BCUT2D eigenvalue weighted by Gasteiger charge is 2.16. The first-order valence-corrected chi connectivity index (χ1v) is 8.12. The molecule has 0 aromatic carbocycles. The van der Waals surface area contributed by atoms with Crippen LogP contribution in [0.1, 0.15) is 19.4 Å². The fourth-order valence-corrected chi connectivity index (χ4v) is 3.22. The smallest absolute Gasteiger partial charge is 0.154 e. The van der Waals surface area contributed by atoms with Gasteiger partial charge in [-0.25, -0.2) is 13.4 Å². The van der Waals surface area contributed by atoms with E-state index in [0.29, 0.717) is 10.8 Å². The first-order chi connectivity index (χ1) is 8.25. The molecule has 7 heteroatoms. The number of nitrogens with zero attached hydrogens (tertiary/aromatic N) is 1. The Balaban J connectivity index is 2.86. The van der Waals surface area contributed by atoms with Crippen molar-refractivity contribution in [2.75, 3.05) is 16.8 Å². The van der Waals surface area contributed by atoms with E-state index in [1.807, 2.05) is 6.92 Å². The zero-order valence-corrected chi connectivity index (χ0v) is 12.8. The second kappa shape index (κ2) is 6.08. The minimum atomic E-state index is -3.02. The van der Waals surface area contributed by atoms with Gasteiger partial charge in [0.1, 0.15) is 5.15 Å². The number of nitrogens with one attached hydrogen (secondary N) is 1. The fourth-order valence-electron chi connectivity index (χ4n) is 1.56. The van der Waals surface area contributed by atoms with Crippen molar-refractivity contribution in [2.45, 2.75) is 26.8 Å². The fraction of sp³-hybridized carbons (Fsp3) is 0.545. The second-order valence-corrected chi connectivity index (χ2v) is 7.32. The SMILES string of the molecule is CCS(=O)(=O)CC(C)Nc1c(C)cc(Cl)nc1Cl. The minimum Gasteiger partial charge on any atom is -0.379 e. The third-order valence-electron chi connectivity index (χ3n) is 2.48. The van der Waals surface area contributed by atoms with Crippen molar-refractivity contribution in [1.29, 1.82) is 0 Å². The van der Waals surface area contributed by atoms with Gasteiger partial charge in [0, 0.05) is 11.8 Å². The lowest BCUT2D eigenvalue weighted by molar-refractivity contribution is 0.593. The van der Waals surface area contributed by atoms with Crippen LogP contribution in [0.5, 0.6) is 0 Å². The van der Waals surface area contributed by atoms with Crippen LogP contribution in [0, 0.1) is 6.92 Å². The van der Waals surface area contributed by atoms with Crippen molar-refractivity contribution in [3.8, 4) is 0 Å². The van der Waals surface area contributed by atoms with Gasteiger partial charge < -0.3 is 5.32 Å². The quantitative estimate of drug-likeness (QED) is 0.849. The Morgan fingerprint density at radius 3 is 2.56 bits per heavy atom. The van der Waals surface area contributed by atoms with E-state index < -0.39 is 9.84 Å². The molecule has 4 nitrogen and oxygen atoms in total. The van der Waals surface area contributed by atoms with Crippen molar-refractivity contribution in [1.82, 2.24) is 4.98 Å². The Bertz CT molecular complexity index is 509. The summed E-state index contributed by atoms with van der Waals surface area (Å²) in [4.78, 5) is 3.92. The standard InChI is InChI=1S/C11H16Cl2N2O2S/c1-4-18(16,17)6-8(3)14-10-7(2)5-9(12)15-11(10)13/h5,8,14H,4,6H2,1-3H3. The molecule has 1 rings (SSSR count). The monoisotopic (exact) mass is 310 g/mol. The van der Waals surface area contributed by atoms with Crippen molar-refractivity contribution < 1.29 is 8.42 Å². The van der Waals surface area contributed by atoms with Crippen LogP contribution in [0.15, 0.2) is 6.07 Å². The Morgan fingerprint density at radius 1 is 1.44 bits per heavy atom. The normalized spacial score (nSPS) is 13.4. The van der Waals surface area contributed by atoms with E-state index in [4.69, 9.17) is 23.2 Å². The highest BCUT2D eigenvalue weighted by atomic mass is 35.5. The van der Waals surface area contributed by atoms with Gasteiger partial charge in [0.2, 0.25) is 0 Å². The maximum absolute atomic E-state index is 11.5. The van der Waals surface area contributed by atoms with Gasteiger partial charge in [0.25, 0.3) is 0 Å². The summed E-state index contributed by atoms with van der Waals surface area (Å²) in [5.74, 6) is 0.187. The van der Waals surface area contributed by atoms with Crippen molar-refractivity contribution in [3.05, 3.63) is 21.9 Å². The molecule has 1 heterocycles. The first kappa shape index (κ1) is 15.5. The largest absolute Gasteiger partial charge is 0.379 e. The number of rotatable bonds is 5. The van der Waals surface area contributed by atoms with Crippen LogP contribution in [0.2, 0.25) is 10.3 Å². The van der Waals surface area contributed by atoms with Crippen LogP contribution in [0.3, 0.4) is 0 Å². The van der Waals surface area contributed by atoms with Gasteiger partial charge in [-0.2, -0.15) is 0 Å². The Morgan fingerprint density at radius 2 is 2.06 bits per heavy atom. The third-order valence-corrected chi connectivity index (χ3v) is 4.83. The molecule has 1 N–H and O–H groups in total. The average Bonchev–Trinajstić information content (AvgIpc) is 2.22. The number of pyridine rings is 1. The van der Waals surface area contributed by atoms with Crippen LogP contribution in [-0.2, 0) is 9.84 Å². The molecule has 0 spiro atoms. The summed E-state index contributed by atoms with van der Waals surface area (Å²) in [6, 6.07) is 1.44. The summed E-state index contributed by atoms with van der Waals surface area (Å²) >= 11 is 11.7. The summed E-state index contributed by atoms with van der Waals surface area (Å²) < 4.78 is 23.0. The van der Waals surface area contributed by atoms with Crippen LogP contribution in [-0.4, -0.2) is 30.9 Å². The number of halogens is 2. The molecule has 1 atom stereocenters. The Kier molecular flexibility index (Phi) is 5.25. The lowest BCUT2D eigenvalue weighted by Crippen LogP contribution is -2.27. The number of sulfone groups is 1. The Labute approximate surface area is 118 Å². The molecule has 18 heavy (non-hydrogen) atoms. The molecule has 0 saturated heterocycles. The van der Waals surface area contributed by atoms with Crippen molar-refractivity contribution in [2.24, 2.45) is 0 Å². The van der Waals surface area contributed by atoms with Crippen LogP contribution < -0.4 is 5.32 Å². The second-order valence-electron chi connectivity index (χ2n) is 4.17. The molecule has 0 bridgehead atoms. The van der Waals surface area contributed by atoms with E-state index >= 15 is 0 Å². The highest BCUT2D eigenvalue weighted by Crippen LogP contribution is 2.27. The van der Waals surface area contributed by atoms with Gasteiger partial charge in [-0.15, -0.1) is 0 Å². The van der Waals surface area contributed by atoms with Gasteiger partial charge in [0.05, 0.1) is 11.4 Å². The molecule has 0 amide bonds. The summed E-state index contributed by atoms with van der Waals surface area (Å²) in [6.45, 7) is 5.25. The molecular weight excluding hydrogens is 295 g/mol. The minimum absolute atomic E-state index is 0.0574. The van der Waals surface area contributed by atoms with Gasteiger partial charge in [-0.3, -0.25) is 0 Å². The van der Waals surface area contributed by atoms with Crippen LogP contribution in [0.4, 0.5) is 5.69 Å². The van der Waals surface area contributed by atoms with E-state index in [1.165, 1.54) is 0 Å². The molecule has 0 radical (unpaired) electrons. The third kappa shape index (κ3) is 4.30. The summed E-state index contributed by atoms with van der Waals surface area (Å²) in [6.07, 6.45) is 0. The number of hydrogen-bond acceptors (Lipinski definition) is 4. The lowest BCUT2D eigenvalue weighted by Gasteiger charge is -2.17. The van der Waals surface area contributed by atoms with Gasteiger partial charge in [-0.05, 0) is 25.5 Å². The highest BCUT2D eigenvalue weighted by molar-refractivity contribution is 7.91. The van der Waals surface area contributed by atoms with E-state index in [0.717, 1.165) is 5.56 Å². The summed E-state index contributed by atoms with van der Waals surface area (Å²) in [5, 5.41) is 3.63. The van der Waals surface area contributed by atoms with Gasteiger partial charge in [0.15, 0.2) is 15.0 Å². The predicted molar refractivity (Wildman–Crippen MR) is 76.4 cm³/mol. The molecule has 0 aliphatic heterocycles. The number of hydrogen-bond donors (Lipinski definition) is 1. The number of aromatic nitrogens is 1. The summed E-state index contributed by atoms with van der Waals surface area (Å²) in [7, 11) is -3.02. The number of anilines is 1. The molecule has 1 unspecified atom stereocenters. The molecule has 0 saturated carbocycles. The predicted octanol–water partition coefficient (Wildman–Crippen LogP) is 2.93. The van der Waals surface area contributed by atoms with E-state index in [2.05, 4.69) is 10.3 Å². The molecule has 1 aromatic rings. The van der Waals surface area contributed by atoms with E-state index in [-0.39, 0.29) is 22.7 Å². The maximum Gasteiger partial charge on any atom is 0.154 e. The molecule has 0 aliphatic carbocycles. The molecule has 1 aromatic heterocycles. The summed E-state index contributed by atoms with van der Waals surface area (Å²) in [5.41, 5.74) is 1.46. The topological polar surface area (TPSA) is 59.1 Å². The zero-order valence-electron chi connectivity index (χ0n) is 10.5. The average molecular weight is 311 g/mol. The van der Waals surface area contributed by atoms with Crippen LogP contribution >= 0.6 is 23.2 Å². The maximum atomic E-state index is 11.5. The lowest BCUT2D eigenvalue weighted by atomic mass is 10.2. The zero-order chi connectivity index (χ0) is 13.9. The van der Waals surface area contributed by atoms with Crippen molar-refractivity contribution >= 4 is 38.7 Å². The molecular formula is C11H16Cl2N2O2S. The number of aryl methyl sites for hydroxylation is 1. The first-order valence-electron chi connectivity index (χ1n) is 5.54.